The van der Waals surface area contributed by atoms with Gasteiger partial charge in [-0.05, 0) is 38.2 Å². The smallest absolute Gasteiger partial charge is 0.309 e. The summed E-state index contributed by atoms with van der Waals surface area (Å²) < 4.78 is 2.57. The Morgan fingerprint density at radius 2 is 1.73 bits per heavy atom. The predicted molar refractivity (Wildman–Crippen MR) is 115 cm³/mol. The minimum absolute atomic E-state index is 0.155. The Morgan fingerprint density at radius 3 is 2.40 bits per heavy atom. The second kappa shape index (κ2) is 8.00. The molecule has 1 N–H and O–H groups in total. The van der Waals surface area contributed by atoms with Gasteiger partial charge in [-0.15, -0.1) is 0 Å². The molecule has 2 heterocycles. The van der Waals surface area contributed by atoms with Crippen LogP contribution in [0.15, 0.2) is 64.2 Å². The normalized spacial score (nSPS) is 11.3. The van der Waals surface area contributed by atoms with Crippen LogP contribution in [0.3, 0.4) is 0 Å². The first-order valence-electron chi connectivity index (χ1n) is 9.67. The molecule has 152 valence electrons. The standard InChI is InChI=1S/C22H22N6O2/c1-26(2)14-13-15-9-11-16(12-10-15)19-23-18-20(24-22(30)27(3)21(18)29)28(25-19)17-7-5-4-6-8-17/h4-12H,13-14H2,1-3H3/p+1. The van der Waals surface area contributed by atoms with Crippen molar-refractivity contribution in [2.24, 2.45) is 7.05 Å². The number of nitrogens with one attached hydrogen (secondary N) is 1. The SMILES string of the molecule is CN(C)CCc1ccc(-c2nc3c(=O)n(C)c(=O)[nH]c3[n+](-c3ccccc3)n2)cc1. The number of hydrogen-bond donors (Lipinski definition) is 1. The number of benzene rings is 2. The molecule has 0 saturated heterocycles. The molecule has 2 aromatic carbocycles. The van der Waals surface area contributed by atoms with E-state index in [1.165, 1.54) is 12.6 Å². The first-order chi connectivity index (χ1) is 14.4. The zero-order valence-electron chi connectivity index (χ0n) is 17.2. The topological polar surface area (TPSA) is 87.8 Å². The molecule has 30 heavy (non-hydrogen) atoms. The Kier molecular flexibility index (Phi) is 5.24. The van der Waals surface area contributed by atoms with Gasteiger partial charge >= 0.3 is 11.3 Å². The highest BCUT2D eigenvalue weighted by atomic mass is 16.2. The zero-order valence-corrected chi connectivity index (χ0v) is 17.2. The monoisotopic (exact) mass is 403 g/mol. The Morgan fingerprint density at radius 1 is 1.03 bits per heavy atom. The van der Waals surface area contributed by atoms with Crippen molar-refractivity contribution in [1.82, 2.24) is 24.5 Å². The highest BCUT2D eigenvalue weighted by Crippen LogP contribution is 2.16. The summed E-state index contributed by atoms with van der Waals surface area (Å²) in [5.74, 6) is 0.412. The Labute approximate surface area is 173 Å². The predicted octanol–water partition coefficient (Wildman–Crippen LogP) is 1.06. The lowest BCUT2D eigenvalue weighted by Gasteiger charge is -2.09. The van der Waals surface area contributed by atoms with Crippen LogP contribution < -0.4 is 15.9 Å². The molecule has 0 unspecified atom stereocenters. The molecular weight excluding hydrogens is 380 g/mol. The number of likely N-dealkylation sites (N-methyl/N-ethyl adjacent to an activating group) is 1. The average molecular weight is 403 g/mol. The van der Waals surface area contributed by atoms with Crippen molar-refractivity contribution in [2.45, 2.75) is 6.42 Å². The molecule has 0 aliphatic carbocycles. The van der Waals surface area contributed by atoms with Crippen molar-refractivity contribution in [3.8, 4) is 17.1 Å². The first kappa shape index (κ1) is 19.7. The molecule has 2 aromatic heterocycles. The van der Waals surface area contributed by atoms with Crippen LogP contribution >= 0.6 is 0 Å². The lowest BCUT2D eigenvalue weighted by molar-refractivity contribution is -0.634. The maximum absolute atomic E-state index is 12.8. The van der Waals surface area contributed by atoms with E-state index in [0.29, 0.717) is 5.82 Å². The van der Waals surface area contributed by atoms with E-state index >= 15 is 0 Å². The number of nitrogens with zero attached hydrogens (tertiary/aromatic N) is 5. The van der Waals surface area contributed by atoms with Gasteiger partial charge in [-0.2, -0.15) is 4.98 Å². The number of para-hydroxylation sites is 1. The minimum Gasteiger partial charge on any atom is -0.309 e. The van der Waals surface area contributed by atoms with E-state index in [2.05, 4.69) is 20.0 Å². The summed E-state index contributed by atoms with van der Waals surface area (Å²) in [5, 5.41) is 4.64. The van der Waals surface area contributed by atoms with E-state index < -0.39 is 11.2 Å². The van der Waals surface area contributed by atoms with Gasteiger partial charge < -0.3 is 4.90 Å². The summed E-state index contributed by atoms with van der Waals surface area (Å²) in [5.41, 5.74) is 2.16. The summed E-state index contributed by atoms with van der Waals surface area (Å²) in [6.45, 7) is 0.962. The second-order valence-corrected chi connectivity index (χ2v) is 7.42. The number of H-pyrrole nitrogens is 1. The van der Waals surface area contributed by atoms with E-state index in [1.54, 1.807) is 4.68 Å². The number of aromatic amines is 1. The summed E-state index contributed by atoms with van der Waals surface area (Å²) in [6.07, 6.45) is 0.942. The van der Waals surface area contributed by atoms with Crippen molar-refractivity contribution in [3.05, 3.63) is 81.0 Å². The van der Waals surface area contributed by atoms with E-state index in [4.69, 9.17) is 0 Å². The molecule has 0 bridgehead atoms. The fraction of sp³-hybridized carbons (Fsp3) is 0.227. The Bertz CT molecular complexity index is 1310. The molecule has 4 rings (SSSR count). The van der Waals surface area contributed by atoms with Crippen LogP contribution in [-0.2, 0) is 13.5 Å². The molecule has 8 nitrogen and oxygen atoms in total. The summed E-state index contributed by atoms with van der Waals surface area (Å²) in [6, 6.07) is 17.3. The first-order valence-corrected chi connectivity index (χ1v) is 9.67. The van der Waals surface area contributed by atoms with Gasteiger partial charge in [0.2, 0.25) is 11.3 Å². The second-order valence-electron chi connectivity index (χ2n) is 7.42. The van der Waals surface area contributed by atoms with Gasteiger partial charge in [-0.25, -0.2) is 14.3 Å². The van der Waals surface area contributed by atoms with Crippen LogP contribution in [-0.4, -0.2) is 45.2 Å². The van der Waals surface area contributed by atoms with Gasteiger partial charge in [-0.3, -0.25) is 4.79 Å². The van der Waals surface area contributed by atoms with Gasteiger partial charge in [0.15, 0.2) is 5.69 Å². The number of aromatic nitrogens is 5. The molecule has 0 aliphatic heterocycles. The Hall–Kier alpha value is -3.65. The third-order valence-corrected chi connectivity index (χ3v) is 4.95. The maximum atomic E-state index is 12.8. The van der Waals surface area contributed by atoms with Gasteiger partial charge in [0.05, 0.1) is 0 Å². The molecule has 0 spiro atoms. The van der Waals surface area contributed by atoms with Gasteiger partial charge in [0.25, 0.3) is 5.56 Å². The fourth-order valence-electron chi connectivity index (χ4n) is 3.18. The maximum Gasteiger partial charge on any atom is 0.416 e. The molecule has 8 heteroatoms. The summed E-state index contributed by atoms with van der Waals surface area (Å²) in [4.78, 5) is 34.3. The van der Waals surface area contributed by atoms with Crippen LogP contribution in [0.5, 0.6) is 0 Å². The van der Waals surface area contributed by atoms with Crippen molar-refractivity contribution in [2.75, 3.05) is 20.6 Å². The largest absolute Gasteiger partial charge is 0.416 e. The molecule has 0 atom stereocenters. The van der Waals surface area contributed by atoms with Crippen molar-refractivity contribution in [1.29, 1.82) is 0 Å². The van der Waals surface area contributed by atoms with E-state index in [0.717, 1.165) is 28.8 Å². The molecule has 0 aliphatic rings. The van der Waals surface area contributed by atoms with Crippen LogP contribution in [0.2, 0.25) is 0 Å². The molecule has 0 fully saturated rings. The number of fused-ring (bicyclic) bond motifs is 1. The summed E-state index contributed by atoms with van der Waals surface area (Å²) in [7, 11) is 5.52. The number of hydrogen-bond acceptors (Lipinski definition) is 5. The molecular formula is C22H23N6O2+. The quantitative estimate of drug-likeness (QED) is 0.504. The number of rotatable bonds is 5. The molecule has 0 radical (unpaired) electrons. The Balaban J connectivity index is 1.89. The van der Waals surface area contributed by atoms with E-state index in [1.807, 2.05) is 68.7 Å². The molecule has 0 amide bonds. The fourth-order valence-corrected chi connectivity index (χ4v) is 3.18. The third kappa shape index (κ3) is 3.77. The molecule has 0 saturated carbocycles. The molecule has 4 aromatic rings. The van der Waals surface area contributed by atoms with Crippen LogP contribution in [0.25, 0.3) is 28.2 Å². The van der Waals surface area contributed by atoms with Crippen molar-refractivity contribution >= 4 is 11.2 Å². The van der Waals surface area contributed by atoms with Crippen LogP contribution in [0.1, 0.15) is 5.56 Å². The highest BCUT2D eigenvalue weighted by molar-refractivity contribution is 5.68. The lowest BCUT2D eigenvalue weighted by Crippen LogP contribution is -2.43. The average Bonchev–Trinajstić information content (AvgIpc) is 2.76. The van der Waals surface area contributed by atoms with Gasteiger partial charge in [-0.1, -0.05) is 52.2 Å². The van der Waals surface area contributed by atoms with Gasteiger partial charge in [0.1, 0.15) is 0 Å². The minimum atomic E-state index is -0.515. The highest BCUT2D eigenvalue weighted by Gasteiger charge is 2.21. The van der Waals surface area contributed by atoms with Crippen molar-refractivity contribution < 1.29 is 4.68 Å². The van der Waals surface area contributed by atoms with Crippen molar-refractivity contribution in [3.63, 3.8) is 0 Å². The summed E-state index contributed by atoms with van der Waals surface area (Å²) >= 11 is 0. The van der Waals surface area contributed by atoms with E-state index in [-0.39, 0.29) is 11.2 Å². The van der Waals surface area contributed by atoms with Gasteiger partial charge in [0, 0.05) is 19.2 Å². The van der Waals surface area contributed by atoms with Crippen LogP contribution in [0.4, 0.5) is 0 Å². The third-order valence-electron chi connectivity index (χ3n) is 4.95. The zero-order chi connectivity index (χ0) is 21.3. The lowest BCUT2D eigenvalue weighted by atomic mass is 10.1. The van der Waals surface area contributed by atoms with E-state index in [9.17, 15) is 9.59 Å². The van der Waals surface area contributed by atoms with Crippen LogP contribution in [0, 0.1) is 0 Å².